The first kappa shape index (κ1) is 16.8. The number of aromatic hydroxyl groups is 1. The van der Waals surface area contributed by atoms with Crippen LogP contribution in [0, 0.1) is 10.1 Å². The van der Waals surface area contributed by atoms with Crippen molar-refractivity contribution in [1.82, 2.24) is 10.3 Å². The number of H-pyrrole nitrogens is 1. The molecule has 0 aliphatic heterocycles. The SMILES string of the molecule is COC[C@H](C)NC(=S)N=Nc1c(O)[nH]c2ccc([N+](=O)[O-])cc12. The molecule has 122 valence electrons. The lowest BCUT2D eigenvalue weighted by atomic mass is 10.2. The van der Waals surface area contributed by atoms with E-state index in [0.29, 0.717) is 17.5 Å². The molecule has 10 heteroatoms. The molecule has 0 saturated carbocycles. The molecule has 0 saturated heterocycles. The van der Waals surface area contributed by atoms with E-state index in [1.807, 2.05) is 6.92 Å². The first-order valence-electron chi connectivity index (χ1n) is 6.62. The van der Waals surface area contributed by atoms with Gasteiger partial charge in [0, 0.05) is 30.7 Å². The molecular weight excluding hydrogens is 322 g/mol. The molecule has 0 aliphatic carbocycles. The highest BCUT2D eigenvalue weighted by Crippen LogP contribution is 2.37. The molecule has 0 unspecified atom stereocenters. The molecule has 1 aromatic carbocycles. The summed E-state index contributed by atoms with van der Waals surface area (Å²) < 4.78 is 4.96. The molecule has 0 aliphatic rings. The van der Waals surface area contributed by atoms with Crippen molar-refractivity contribution < 1.29 is 14.8 Å². The number of non-ortho nitro benzene ring substituents is 1. The van der Waals surface area contributed by atoms with E-state index in [-0.39, 0.29) is 28.4 Å². The standard InChI is InChI=1S/C13H15N5O4S/c1-7(6-22-2)14-13(23)17-16-11-9-5-8(18(20)21)3-4-10(9)15-12(11)19/h3-5,7,15,19H,6H2,1-2H3,(H,14,23)/t7-/m0/s1. The monoisotopic (exact) mass is 337 g/mol. The number of nitrogens with one attached hydrogen (secondary N) is 2. The van der Waals surface area contributed by atoms with Crippen molar-refractivity contribution in [3.05, 3.63) is 28.3 Å². The first-order chi connectivity index (χ1) is 10.9. The summed E-state index contributed by atoms with van der Waals surface area (Å²) in [6.07, 6.45) is 0. The summed E-state index contributed by atoms with van der Waals surface area (Å²) in [6.45, 7) is 2.30. The number of nitrogens with zero attached hydrogens (tertiary/aromatic N) is 3. The van der Waals surface area contributed by atoms with Crippen molar-refractivity contribution >= 4 is 39.6 Å². The number of ether oxygens (including phenoxy) is 1. The van der Waals surface area contributed by atoms with Gasteiger partial charge in [-0.3, -0.25) is 10.1 Å². The van der Waals surface area contributed by atoms with E-state index in [2.05, 4.69) is 20.5 Å². The average Bonchev–Trinajstić information content (AvgIpc) is 2.79. The second kappa shape index (κ2) is 7.11. The maximum atomic E-state index is 10.8. The van der Waals surface area contributed by atoms with Gasteiger partial charge < -0.3 is 20.1 Å². The number of benzene rings is 1. The van der Waals surface area contributed by atoms with Gasteiger partial charge in [-0.05, 0) is 25.2 Å². The van der Waals surface area contributed by atoms with E-state index in [1.165, 1.54) is 18.2 Å². The minimum Gasteiger partial charge on any atom is -0.493 e. The summed E-state index contributed by atoms with van der Waals surface area (Å²) in [4.78, 5) is 13.0. The van der Waals surface area contributed by atoms with Crippen LogP contribution in [0.15, 0.2) is 28.4 Å². The van der Waals surface area contributed by atoms with Gasteiger partial charge in [-0.15, -0.1) is 10.2 Å². The third kappa shape index (κ3) is 3.99. The Morgan fingerprint density at radius 3 is 3.00 bits per heavy atom. The first-order valence-corrected chi connectivity index (χ1v) is 7.03. The quantitative estimate of drug-likeness (QED) is 0.333. The minimum atomic E-state index is -0.525. The van der Waals surface area contributed by atoms with Crippen LogP contribution in [0.3, 0.4) is 0 Å². The van der Waals surface area contributed by atoms with Crippen LogP contribution in [-0.2, 0) is 4.74 Å². The molecule has 1 heterocycles. The van der Waals surface area contributed by atoms with Gasteiger partial charge in [0.05, 0.1) is 17.0 Å². The van der Waals surface area contributed by atoms with Crippen LogP contribution < -0.4 is 5.32 Å². The van der Waals surface area contributed by atoms with Gasteiger partial charge in [-0.1, -0.05) is 0 Å². The summed E-state index contributed by atoms with van der Waals surface area (Å²) in [5, 5.41) is 31.8. The van der Waals surface area contributed by atoms with Gasteiger partial charge >= 0.3 is 0 Å². The molecule has 0 radical (unpaired) electrons. The molecule has 0 spiro atoms. The van der Waals surface area contributed by atoms with Crippen molar-refractivity contribution in [2.45, 2.75) is 13.0 Å². The summed E-state index contributed by atoms with van der Waals surface area (Å²) in [6, 6.07) is 4.08. The number of nitro groups is 1. The second-order valence-electron chi connectivity index (χ2n) is 4.82. The van der Waals surface area contributed by atoms with E-state index in [4.69, 9.17) is 17.0 Å². The highest BCUT2D eigenvalue weighted by Gasteiger charge is 2.15. The Labute approximate surface area is 136 Å². The lowest BCUT2D eigenvalue weighted by Crippen LogP contribution is -2.33. The Bertz CT molecular complexity index is 773. The number of thiocarbonyl (C=S) groups is 1. The molecule has 1 atom stereocenters. The molecule has 9 nitrogen and oxygen atoms in total. The fraction of sp³-hybridized carbons (Fsp3) is 0.308. The van der Waals surface area contributed by atoms with Gasteiger partial charge in [-0.25, -0.2) is 0 Å². The molecule has 3 N–H and O–H groups in total. The van der Waals surface area contributed by atoms with Gasteiger partial charge in [-0.2, -0.15) is 0 Å². The maximum absolute atomic E-state index is 10.8. The van der Waals surface area contributed by atoms with E-state index >= 15 is 0 Å². The number of aromatic amines is 1. The molecule has 2 aromatic rings. The Morgan fingerprint density at radius 2 is 2.35 bits per heavy atom. The lowest BCUT2D eigenvalue weighted by molar-refractivity contribution is -0.384. The number of azo groups is 1. The highest BCUT2D eigenvalue weighted by atomic mass is 32.1. The predicted molar refractivity (Wildman–Crippen MR) is 88.2 cm³/mol. The summed E-state index contributed by atoms with van der Waals surface area (Å²) in [5.74, 6) is -0.239. The lowest BCUT2D eigenvalue weighted by Gasteiger charge is -2.11. The number of methoxy groups -OCH3 is 1. The molecule has 2 rings (SSSR count). The molecule has 0 bridgehead atoms. The number of hydrogen-bond donors (Lipinski definition) is 3. The van der Waals surface area contributed by atoms with E-state index in [9.17, 15) is 15.2 Å². The molecule has 0 amide bonds. The van der Waals surface area contributed by atoms with Crippen molar-refractivity contribution in [2.75, 3.05) is 13.7 Å². The fourth-order valence-electron chi connectivity index (χ4n) is 1.99. The fourth-order valence-corrected chi connectivity index (χ4v) is 2.24. The van der Waals surface area contributed by atoms with Crippen molar-refractivity contribution in [2.24, 2.45) is 10.2 Å². The molecular formula is C13H15N5O4S. The molecule has 1 aromatic heterocycles. The summed E-state index contributed by atoms with van der Waals surface area (Å²) in [7, 11) is 1.57. The van der Waals surface area contributed by atoms with Crippen LogP contribution in [0.2, 0.25) is 0 Å². The zero-order chi connectivity index (χ0) is 17.0. The third-order valence-corrected chi connectivity index (χ3v) is 3.17. The number of rotatable bonds is 5. The highest BCUT2D eigenvalue weighted by molar-refractivity contribution is 7.80. The molecule has 0 fully saturated rings. The third-order valence-electron chi connectivity index (χ3n) is 2.97. The van der Waals surface area contributed by atoms with Crippen LogP contribution >= 0.6 is 12.2 Å². The predicted octanol–water partition coefficient (Wildman–Crippen LogP) is 2.77. The molecule has 23 heavy (non-hydrogen) atoms. The zero-order valence-corrected chi connectivity index (χ0v) is 13.3. The van der Waals surface area contributed by atoms with Crippen LogP contribution in [0.5, 0.6) is 5.88 Å². The van der Waals surface area contributed by atoms with Gasteiger partial charge in [0.15, 0.2) is 5.69 Å². The Hall–Kier alpha value is -2.59. The summed E-state index contributed by atoms with van der Waals surface area (Å²) in [5.41, 5.74) is 0.489. The van der Waals surface area contributed by atoms with Gasteiger partial charge in [0.25, 0.3) is 5.69 Å². The average molecular weight is 337 g/mol. The number of fused-ring (bicyclic) bond motifs is 1. The number of nitro benzene ring substituents is 1. The number of aromatic nitrogens is 1. The topological polar surface area (TPSA) is 125 Å². The van der Waals surface area contributed by atoms with Crippen molar-refractivity contribution in [3.8, 4) is 5.88 Å². The largest absolute Gasteiger partial charge is 0.493 e. The van der Waals surface area contributed by atoms with E-state index in [1.54, 1.807) is 7.11 Å². The normalized spacial score (nSPS) is 12.6. The van der Waals surface area contributed by atoms with Crippen molar-refractivity contribution in [1.29, 1.82) is 0 Å². The van der Waals surface area contributed by atoms with Crippen LogP contribution in [0.1, 0.15) is 6.92 Å². The van der Waals surface area contributed by atoms with Crippen LogP contribution in [0.4, 0.5) is 11.4 Å². The van der Waals surface area contributed by atoms with Crippen LogP contribution in [-0.4, -0.2) is 39.9 Å². The van der Waals surface area contributed by atoms with Crippen LogP contribution in [0.25, 0.3) is 10.9 Å². The van der Waals surface area contributed by atoms with Gasteiger partial charge in [0.1, 0.15) is 0 Å². The van der Waals surface area contributed by atoms with E-state index < -0.39 is 4.92 Å². The van der Waals surface area contributed by atoms with E-state index in [0.717, 1.165) is 0 Å². The minimum absolute atomic E-state index is 0.0518. The Morgan fingerprint density at radius 1 is 1.61 bits per heavy atom. The zero-order valence-electron chi connectivity index (χ0n) is 12.4. The Balaban J connectivity index is 2.26. The number of hydrogen-bond acceptors (Lipinski definition) is 6. The Kier molecular flexibility index (Phi) is 5.19. The van der Waals surface area contributed by atoms with Crippen molar-refractivity contribution in [3.63, 3.8) is 0 Å². The maximum Gasteiger partial charge on any atom is 0.270 e. The smallest absolute Gasteiger partial charge is 0.270 e. The summed E-state index contributed by atoms with van der Waals surface area (Å²) >= 11 is 5.02. The van der Waals surface area contributed by atoms with Gasteiger partial charge in [0.2, 0.25) is 11.0 Å². The second-order valence-corrected chi connectivity index (χ2v) is 5.20.